The fourth-order valence-electron chi connectivity index (χ4n) is 3.45. The summed E-state index contributed by atoms with van der Waals surface area (Å²) in [6, 6.07) is 11.2. The van der Waals surface area contributed by atoms with Crippen LogP contribution < -0.4 is 10.6 Å². The fraction of sp³-hybridized carbons (Fsp3) is 0.632. The summed E-state index contributed by atoms with van der Waals surface area (Å²) in [5, 5.41) is 7.31. The molecule has 3 rings (SSSR count). The average Bonchev–Trinajstić information content (AvgIpc) is 3.10. The summed E-state index contributed by atoms with van der Waals surface area (Å²) < 4.78 is 6.00. The first-order valence-electron chi connectivity index (χ1n) is 9.26. The molecule has 2 fully saturated rings. The largest absolute Gasteiger partial charge is 0.373 e. The third-order valence-corrected chi connectivity index (χ3v) is 5.93. The number of benzene rings is 1. The number of ether oxygens (including phenoxy) is 1. The Bertz CT molecular complexity index is 560. The van der Waals surface area contributed by atoms with Crippen LogP contribution in [0.1, 0.15) is 19.8 Å². The molecule has 7 heteroatoms. The maximum Gasteiger partial charge on any atom is 0.191 e. The second kappa shape index (κ2) is 11.4. The van der Waals surface area contributed by atoms with Crippen LogP contribution in [0.5, 0.6) is 0 Å². The van der Waals surface area contributed by atoms with E-state index in [9.17, 15) is 0 Å². The summed E-state index contributed by atoms with van der Waals surface area (Å²) >= 11 is 1.88. The highest BCUT2D eigenvalue weighted by Gasteiger charge is 2.32. The van der Waals surface area contributed by atoms with Gasteiger partial charge in [0.15, 0.2) is 5.96 Å². The van der Waals surface area contributed by atoms with Gasteiger partial charge in [0.25, 0.3) is 0 Å². The lowest BCUT2D eigenvalue weighted by molar-refractivity contribution is -0.0453. The molecule has 3 unspecified atom stereocenters. The summed E-state index contributed by atoms with van der Waals surface area (Å²) in [4.78, 5) is 8.21. The molecular formula is C19H31IN4OS. The van der Waals surface area contributed by atoms with Crippen LogP contribution in [0.2, 0.25) is 0 Å². The van der Waals surface area contributed by atoms with Gasteiger partial charge in [-0.15, -0.1) is 35.7 Å². The zero-order valence-corrected chi connectivity index (χ0v) is 18.8. The van der Waals surface area contributed by atoms with Crippen molar-refractivity contribution in [2.45, 2.75) is 42.1 Å². The Kier molecular flexibility index (Phi) is 9.52. The highest BCUT2D eigenvalue weighted by molar-refractivity contribution is 14.0. The van der Waals surface area contributed by atoms with Gasteiger partial charge in [-0.2, -0.15) is 0 Å². The summed E-state index contributed by atoms with van der Waals surface area (Å²) in [5.74, 6) is 0.854. The van der Waals surface area contributed by atoms with Gasteiger partial charge in [0, 0.05) is 42.9 Å². The molecule has 2 saturated heterocycles. The Hall–Kier alpha value is -0.510. The van der Waals surface area contributed by atoms with Crippen molar-refractivity contribution < 1.29 is 4.74 Å². The van der Waals surface area contributed by atoms with Crippen LogP contribution in [0.4, 0.5) is 0 Å². The third kappa shape index (κ3) is 6.58. The number of thioether (sulfide) groups is 1. The van der Waals surface area contributed by atoms with Gasteiger partial charge in [-0.05, 0) is 31.5 Å². The van der Waals surface area contributed by atoms with Crippen molar-refractivity contribution in [3.8, 4) is 0 Å². The molecule has 0 radical (unpaired) electrons. The monoisotopic (exact) mass is 490 g/mol. The molecule has 3 atom stereocenters. The Morgan fingerprint density at radius 3 is 2.92 bits per heavy atom. The van der Waals surface area contributed by atoms with E-state index in [2.05, 4.69) is 57.8 Å². The van der Waals surface area contributed by atoms with Gasteiger partial charge >= 0.3 is 0 Å². The maximum absolute atomic E-state index is 6.00. The molecule has 1 aromatic rings. The lowest BCUT2D eigenvalue weighted by Crippen LogP contribution is -2.51. The summed E-state index contributed by atoms with van der Waals surface area (Å²) in [7, 11) is 1.82. The molecule has 0 bridgehead atoms. The summed E-state index contributed by atoms with van der Waals surface area (Å²) in [6.07, 6.45) is 2.86. The molecule has 0 spiro atoms. The van der Waals surface area contributed by atoms with Gasteiger partial charge in [-0.25, -0.2) is 0 Å². The van der Waals surface area contributed by atoms with Crippen molar-refractivity contribution in [3.63, 3.8) is 0 Å². The normalized spacial score (nSPS) is 24.5. The number of nitrogens with one attached hydrogen (secondary N) is 2. The van der Waals surface area contributed by atoms with E-state index in [1.165, 1.54) is 24.3 Å². The van der Waals surface area contributed by atoms with Crippen LogP contribution in [-0.2, 0) is 4.74 Å². The molecule has 1 aromatic carbocycles. The molecule has 2 aliphatic heterocycles. The van der Waals surface area contributed by atoms with Gasteiger partial charge in [0.2, 0.25) is 0 Å². The molecule has 5 nitrogen and oxygen atoms in total. The molecular weight excluding hydrogens is 459 g/mol. The minimum absolute atomic E-state index is 0. The number of halogens is 1. The minimum atomic E-state index is 0. The van der Waals surface area contributed by atoms with E-state index in [1.807, 2.05) is 18.8 Å². The third-order valence-electron chi connectivity index (χ3n) is 4.82. The van der Waals surface area contributed by atoms with E-state index in [4.69, 9.17) is 4.74 Å². The predicted molar refractivity (Wildman–Crippen MR) is 121 cm³/mol. The molecule has 146 valence electrons. The SMILES string of the molecule is CN=C(NCC1CN2CCCC2CO1)NCC(C)Sc1ccccc1.I. The van der Waals surface area contributed by atoms with E-state index in [1.54, 1.807) is 0 Å². The minimum Gasteiger partial charge on any atom is -0.373 e. The van der Waals surface area contributed by atoms with Gasteiger partial charge in [0.1, 0.15) is 0 Å². The second-order valence-electron chi connectivity index (χ2n) is 6.82. The van der Waals surface area contributed by atoms with Crippen LogP contribution in [-0.4, -0.2) is 68.1 Å². The van der Waals surface area contributed by atoms with Crippen molar-refractivity contribution >= 4 is 41.7 Å². The quantitative estimate of drug-likeness (QED) is 0.278. The number of nitrogens with zero attached hydrogens (tertiary/aromatic N) is 2. The number of hydrogen-bond acceptors (Lipinski definition) is 4. The van der Waals surface area contributed by atoms with Crippen LogP contribution in [0.3, 0.4) is 0 Å². The van der Waals surface area contributed by atoms with E-state index < -0.39 is 0 Å². The van der Waals surface area contributed by atoms with Gasteiger partial charge in [-0.3, -0.25) is 9.89 Å². The van der Waals surface area contributed by atoms with Crippen molar-refractivity contribution in [2.24, 2.45) is 4.99 Å². The zero-order chi connectivity index (χ0) is 17.5. The first-order valence-corrected chi connectivity index (χ1v) is 10.1. The molecule has 0 amide bonds. The fourth-order valence-corrected chi connectivity index (χ4v) is 4.40. The number of guanidine groups is 1. The van der Waals surface area contributed by atoms with Gasteiger partial charge in [0.05, 0.1) is 12.7 Å². The van der Waals surface area contributed by atoms with Crippen LogP contribution in [0.15, 0.2) is 40.2 Å². The molecule has 0 aliphatic carbocycles. The number of hydrogen-bond donors (Lipinski definition) is 2. The average molecular weight is 490 g/mol. The number of aliphatic imine (C=N–C) groups is 1. The topological polar surface area (TPSA) is 48.9 Å². The summed E-state index contributed by atoms with van der Waals surface area (Å²) in [6.45, 7) is 7.06. The number of fused-ring (bicyclic) bond motifs is 1. The molecule has 0 saturated carbocycles. The Morgan fingerprint density at radius 2 is 2.15 bits per heavy atom. The lowest BCUT2D eigenvalue weighted by atomic mass is 10.2. The second-order valence-corrected chi connectivity index (χ2v) is 8.33. The predicted octanol–water partition coefficient (Wildman–Crippen LogP) is 2.81. The van der Waals surface area contributed by atoms with Gasteiger partial charge in [-0.1, -0.05) is 25.1 Å². The Morgan fingerprint density at radius 1 is 1.35 bits per heavy atom. The Labute approximate surface area is 178 Å². The van der Waals surface area contributed by atoms with Crippen molar-refractivity contribution in [2.75, 3.05) is 39.8 Å². The first kappa shape index (κ1) is 21.8. The van der Waals surface area contributed by atoms with Crippen LogP contribution in [0, 0.1) is 0 Å². The van der Waals surface area contributed by atoms with E-state index in [0.29, 0.717) is 11.3 Å². The zero-order valence-electron chi connectivity index (χ0n) is 15.7. The van der Waals surface area contributed by atoms with Gasteiger partial charge < -0.3 is 15.4 Å². The van der Waals surface area contributed by atoms with Crippen molar-refractivity contribution in [1.29, 1.82) is 0 Å². The standard InChI is InChI=1S/C19H30N4OS.HI/c1-15(25-18-8-4-3-5-9-18)11-21-19(20-2)22-12-17-13-23-10-6-7-16(23)14-24-17;/h3-5,8-9,15-17H,6-7,10-14H2,1-2H3,(H2,20,21,22);1H. The van der Waals surface area contributed by atoms with Crippen LogP contribution >= 0.6 is 35.7 Å². The van der Waals surface area contributed by atoms with Crippen LogP contribution in [0.25, 0.3) is 0 Å². The Balaban J connectivity index is 0.00000243. The summed E-state index contributed by atoms with van der Waals surface area (Å²) in [5.41, 5.74) is 0. The van der Waals surface area contributed by atoms with E-state index in [-0.39, 0.29) is 30.1 Å². The number of rotatable bonds is 6. The number of morpholine rings is 1. The van der Waals surface area contributed by atoms with E-state index in [0.717, 1.165) is 32.2 Å². The highest BCUT2D eigenvalue weighted by atomic mass is 127. The smallest absolute Gasteiger partial charge is 0.191 e. The molecule has 2 heterocycles. The molecule has 2 aliphatic rings. The highest BCUT2D eigenvalue weighted by Crippen LogP contribution is 2.23. The molecule has 2 N–H and O–H groups in total. The first-order chi connectivity index (χ1) is 12.2. The van der Waals surface area contributed by atoms with Crippen molar-refractivity contribution in [1.82, 2.24) is 15.5 Å². The maximum atomic E-state index is 6.00. The molecule has 0 aromatic heterocycles. The van der Waals surface area contributed by atoms with E-state index >= 15 is 0 Å². The van der Waals surface area contributed by atoms with Crippen molar-refractivity contribution in [3.05, 3.63) is 30.3 Å². The lowest BCUT2D eigenvalue weighted by Gasteiger charge is -2.35. The molecule has 26 heavy (non-hydrogen) atoms.